The van der Waals surface area contributed by atoms with Gasteiger partial charge in [-0.05, 0) is 12.1 Å². The van der Waals surface area contributed by atoms with Crippen molar-refractivity contribution in [1.29, 1.82) is 0 Å². The van der Waals surface area contributed by atoms with E-state index in [1.165, 1.54) is 12.1 Å². The van der Waals surface area contributed by atoms with Gasteiger partial charge in [-0.25, -0.2) is 4.98 Å². The fraction of sp³-hybridized carbons (Fsp3) is 0.0667. The standard InChI is InChI=1S/C15H11ClN4O2S/c16-10-4-5-14-18-15(12(7-13(17)23)19(14)8-10)9-2-1-3-11(6-9)20(21)22/h1-6,8H,7H2,(H2,17,23). The van der Waals surface area contributed by atoms with Gasteiger partial charge in [-0.15, -0.1) is 0 Å². The van der Waals surface area contributed by atoms with Crippen molar-refractivity contribution < 1.29 is 4.92 Å². The lowest BCUT2D eigenvalue weighted by Crippen LogP contribution is -2.13. The SMILES string of the molecule is NC(=S)Cc1c(-c2cccc([N+](=O)[O-])c2)nc2ccc(Cl)cn12. The summed E-state index contributed by atoms with van der Waals surface area (Å²) in [5.41, 5.74) is 8.33. The molecule has 0 atom stereocenters. The maximum absolute atomic E-state index is 11.0. The zero-order valence-corrected chi connectivity index (χ0v) is 13.3. The summed E-state index contributed by atoms with van der Waals surface area (Å²) in [4.78, 5) is 15.4. The number of nitro groups is 1. The van der Waals surface area contributed by atoms with Crippen molar-refractivity contribution in [3.63, 3.8) is 0 Å². The molecule has 2 heterocycles. The van der Waals surface area contributed by atoms with Crippen LogP contribution < -0.4 is 5.73 Å². The van der Waals surface area contributed by atoms with Crippen LogP contribution >= 0.6 is 23.8 Å². The maximum Gasteiger partial charge on any atom is 0.270 e. The van der Waals surface area contributed by atoms with Crippen molar-refractivity contribution in [2.75, 3.05) is 0 Å². The van der Waals surface area contributed by atoms with Gasteiger partial charge in [0.25, 0.3) is 5.69 Å². The molecule has 0 aliphatic carbocycles. The number of aromatic nitrogens is 2. The zero-order chi connectivity index (χ0) is 16.6. The molecule has 0 spiro atoms. The van der Waals surface area contributed by atoms with Gasteiger partial charge in [0.15, 0.2) is 0 Å². The van der Waals surface area contributed by atoms with Gasteiger partial charge < -0.3 is 10.1 Å². The highest BCUT2D eigenvalue weighted by Gasteiger charge is 2.17. The van der Waals surface area contributed by atoms with Gasteiger partial charge in [-0.1, -0.05) is 36.0 Å². The second kappa shape index (κ2) is 5.94. The number of fused-ring (bicyclic) bond motifs is 1. The molecule has 2 N–H and O–H groups in total. The Morgan fingerprint density at radius 2 is 2.17 bits per heavy atom. The number of pyridine rings is 1. The van der Waals surface area contributed by atoms with Crippen LogP contribution in [-0.4, -0.2) is 19.3 Å². The Kier molecular flexibility index (Phi) is 3.97. The second-order valence-corrected chi connectivity index (χ2v) is 5.89. The van der Waals surface area contributed by atoms with E-state index in [1.807, 2.05) is 0 Å². The Labute approximate surface area is 141 Å². The van der Waals surface area contributed by atoms with E-state index >= 15 is 0 Å². The molecule has 6 nitrogen and oxygen atoms in total. The summed E-state index contributed by atoms with van der Waals surface area (Å²) in [5.74, 6) is 0. The third kappa shape index (κ3) is 3.01. The Hall–Kier alpha value is -2.51. The number of non-ortho nitro benzene ring substituents is 1. The quantitative estimate of drug-likeness (QED) is 0.444. The molecule has 8 heteroatoms. The average Bonchev–Trinajstić information content (AvgIpc) is 2.85. The number of hydrogen-bond acceptors (Lipinski definition) is 4. The molecule has 3 aromatic rings. The number of rotatable bonds is 4. The predicted octanol–water partition coefficient (Wildman–Crippen LogP) is 3.39. The summed E-state index contributed by atoms with van der Waals surface area (Å²) < 4.78 is 1.80. The minimum absolute atomic E-state index is 0.00105. The van der Waals surface area contributed by atoms with Crippen LogP contribution in [0.5, 0.6) is 0 Å². The van der Waals surface area contributed by atoms with Gasteiger partial charge in [-0.3, -0.25) is 10.1 Å². The molecule has 0 amide bonds. The first-order valence-corrected chi connectivity index (χ1v) is 7.44. The molecule has 0 saturated carbocycles. The number of nitrogens with two attached hydrogens (primary N) is 1. The Balaban J connectivity index is 2.25. The van der Waals surface area contributed by atoms with E-state index < -0.39 is 4.92 Å². The highest BCUT2D eigenvalue weighted by molar-refractivity contribution is 7.80. The van der Waals surface area contributed by atoms with E-state index in [0.29, 0.717) is 33.3 Å². The molecule has 23 heavy (non-hydrogen) atoms. The lowest BCUT2D eigenvalue weighted by atomic mass is 10.1. The van der Waals surface area contributed by atoms with Crippen molar-refractivity contribution >= 4 is 40.1 Å². The number of hydrogen-bond donors (Lipinski definition) is 1. The normalized spacial score (nSPS) is 10.8. The average molecular weight is 347 g/mol. The predicted molar refractivity (Wildman–Crippen MR) is 92.8 cm³/mol. The summed E-state index contributed by atoms with van der Waals surface area (Å²) >= 11 is 11.1. The molecule has 0 aliphatic rings. The Morgan fingerprint density at radius 1 is 1.39 bits per heavy atom. The highest BCUT2D eigenvalue weighted by atomic mass is 35.5. The summed E-state index contributed by atoms with van der Waals surface area (Å²) in [6.45, 7) is 0. The third-order valence-electron chi connectivity index (χ3n) is 3.35. The smallest absolute Gasteiger partial charge is 0.270 e. The summed E-state index contributed by atoms with van der Waals surface area (Å²) in [6, 6.07) is 9.79. The summed E-state index contributed by atoms with van der Waals surface area (Å²) in [6.07, 6.45) is 2.03. The first kappa shape index (κ1) is 15.4. The van der Waals surface area contributed by atoms with Gasteiger partial charge >= 0.3 is 0 Å². The molecular formula is C15H11ClN4O2S. The molecule has 0 saturated heterocycles. The van der Waals surface area contributed by atoms with Gasteiger partial charge in [0, 0.05) is 30.3 Å². The third-order valence-corrected chi connectivity index (χ3v) is 3.72. The maximum atomic E-state index is 11.0. The van der Waals surface area contributed by atoms with Crippen molar-refractivity contribution in [2.24, 2.45) is 5.73 Å². The largest absolute Gasteiger partial charge is 0.393 e. The van der Waals surface area contributed by atoms with Crippen LogP contribution in [0.3, 0.4) is 0 Å². The fourth-order valence-corrected chi connectivity index (χ4v) is 2.70. The van der Waals surface area contributed by atoms with Crippen LogP contribution in [0.2, 0.25) is 5.02 Å². The van der Waals surface area contributed by atoms with E-state index in [9.17, 15) is 10.1 Å². The second-order valence-electron chi connectivity index (χ2n) is 4.93. The van der Waals surface area contributed by atoms with E-state index in [2.05, 4.69) is 4.98 Å². The first-order valence-electron chi connectivity index (χ1n) is 6.65. The summed E-state index contributed by atoms with van der Waals surface area (Å²) in [5, 5.41) is 11.5. The molecule has 3 rings (SSSR count). The number of imidazole rings is 1. The van der Waals surface area contributed by atoms with Crippen LogP contribution in [0, 0.1) is 10.1 Å². The van der Waals surface area contributed by atoms with Crippen molar-refractivity contribution in [1.82, 2.24) is 9.38 Å². The number of thiocarbonyl (C=S) groups is 1. The van der Waals surface area contributed by atoms with E-state index in [0.717, 1.165) is 5.69 Å². The number of benzene rings is 1. The van der Waals surface area contributed by atoms with Gasteiger partial charge in [0.2, 0.25) is 0 Å². The Morgan fingerprint density at radius 3 is 2.87 bits per heavy atom. The first-order chi connectivity index (χ1) is 11.0. The van der Waals surface area contributed by atoms with Crippen LogP contribution in [0.1, 0.15) is 5.69 Å². The van der Waals surface area contributed by atoms with E-state index in [-0.39, 0.29) is 5.69 Å². The molecule has 0 fully saturated rings. The van der Waals surface area contributed by atoms with Crippen molar-refractivity contribution in [2.45, 2.75) is 6.42 Å². The van der Waals surface area contributed by atoms with Gasteiger partial charge in [0.05, 0.1) is 26.3 Å². The molecule has 0 radical (unpaired) electrons. The molecular weight excluding hydrogens is 336 g/mol. The minimum Gasteiger partial charge on any atom is -0.393 e. The van der Waals surface area contributed by atoms with Crippen LogP contribution in [0.25, 0.3) is 16.9 Å². The molecule has 1 aromatic carbocycles. The number of halogens is 1. The van der Waals surface area contributed by atoms with Crippen LogP contribution in [0.4, 0.5) is 5.69 Å². The molecule has 0 aliphatic heterocycles. The molecule has 0 unspecified atom stereocenters. The van der Waals surface area contributed by atoms with E-state index in [1.54, 1.807) is 34.9 Å². The highest BCUT2D eigenvalue weighted by Crippen LogP contribution is 2.28. The minimum atomic E-state index is -0.441. The summed E-state index contributed by atoms with van der Waals surface area (Å²) in [7, 11) is 0. The molecule has 2 aromatic heterocycles. The number of nitrogens with zero attached hydrogens (tertiary/aromatic N) is 3. The van der Waals surface area contributed by atoms with Crippen LogP contribution in [0.15, 0.2) is 42.6 Å². The van der Waals surface area contributed by atoms with Gasteiger partial charge in [-0.2, -0.15) is 0 Å². The lowest BCUT2D eigenvalue weighted by molar-refractivity contribution is -0.384. The molecule has 116 valence electrons. The Bertz CT molecular complexity index is 938. The van der Waals surface area contributed by atoms with Crippen molar-refractivity contribution in [3.8, 4) is 11.3 Å². The molecule has 0 bridgehead atoms. The topological polar surface area (TPSA) is 86.5 Å². The monoisotopic (exact) mass is 346 g/mol. The number of nitro benzene ring substituents is 1. The van der Waals surface area contributed by atoms with Crippen molar-refractivity contribution in [3.05, 3.63) is 63.4 Å². The zero-order valence-electron chi connectivity index (χ0n) is 11.8. The fourth-order valence-electron chi connectivity index (χ4n) is 2.40. The van der Waals surface area contributed by atoms with E-state index in [4.69, 9.17) is 29.6 Å². The van der Waals surface area contributed by atoms with Gasteiger partial charge in [0.1, 0.15) is 5.65 Å². The van der Waals surface area contributed by atoms with Crippen LogP contribution in [-0.2, 0) is 6.42 Å². The lowest BCUT2D eigenvalue weighted by Gasteiger charge is -2.05.